The van der Waals surface area contributed by atoms with E-state index in [4.69, 9.17) is 4.74 Å². The van der Waals surface area contributed by atoms with E-state index >= 15 is 0 Å². The summed E-state index contributed by atoms with van der Waals surface area (Å²) in [6, 6.07) is 9.19. The van der Waals surface area contributed by atoms with E-state index in [1.54, 1.807) is 7.11 Å². The number of likely N-dealkylation sites (tertiary alicyclic amines) is 1. The first-order chi connectivity index (χ1) is 13.3. The number of piperazine rings is 1. The first-order valence-electron chi connectivity index (χ1n) is 10.4. The predicted octanol–water partition coefficient (Wildman–Crippen LogP) is 1.88. The molecule has 0 bridgehead atoms. The van der Waals surface area contributed by atoms with E-state index in [-0.39, 0.29) is 0 Å². The number of anilines is 1. The Morgan fingerprint density at radius 2 is 1.89 bits per heavy atom. The van der Waals surface area contributed by atoms with Crippen LogP contribution in [0.15, 0.2) is 29.3 Å². The van der Waals surface area contributed by atoms with Crippen LogP contribution in [0.3, 0.4) is 0 Å². The minimum atomic E-state index is 0.761. The number of nitrogens with zero attached hydrogens (tertiary/aromatic N) is 4. The Hall–Kier alpha value is -1.95. The zero-order valence-corrected chi connectivity index (χ0v) is 16.7. The van der Waals surface area contributed by atoms with Crippen molar-refractivity contribution in [3.05, 3.63) is 24.3 Å². The maximum Gasteiger partial charge on any atom is 0.193 e. The van der Waals surface area contributed by atoms with E-state index in [1.807, 2.05) is 19.2 Å². The summed E-state index contributed by atoms with van der Waals surface area (Å²) < 4.78 is 5.52. The Balaban J connectivity index is 1.26. The Kier molecular flexibility index (Phi) is 5.72. The fraction of sp³-hybridized carbons (Fsp3) is 0.667. The molecule has 0 aromatic heterocycles. The molecule has 1 aromatic carbocycles. The highest BCUT2D eigenvalue weighted by molar-refractivity contribution is 5.80. The molecule has 4 rings (SSSR count). The third kappa shape index (κ3) is 4.32. The smallest absolute Gasteiger partial charge is 0.193 e. The highest BCUT2D eigenvalue weighted by Gasteiger charge is 2.34. The summed E-state index contributed by atoms with van der Waals surface area (Å²) in [4.78, 5) is 12.0. The molecule has 3 fully saturated rings. The SMILES string of the molecule is CN=C(NCC1CCN(C2CC2)C1)N1CCN(c2ccccc2OC)CC1. The van der Waals surface area contributed by atoms with Crippen molar-refractivity contribution in [2.45, 2.75) is 25.3 Å². The van der Waals surface area contributed by atoms with E-state index in [9.17, 15) is 0 Å². The van der Waals surface area contributed by atoms with Gasteiger partial charge >= 0.3 is 0 Å². The number of hydrogen-bond donors (Lipinski definition) is 1. The average Bonchev–Trinajstić information content (AvgIpc) is 3.47. The third-order valence-electron chi connectivity index (χ3n) is 6.15. The molecule has 3 aliphatic rings. The molecule has 6 heteroatoms. The maximum atomic E-state index is 5.52. The minimum Gasteiger partial charge on any atom is -0.495 e. The number of para-hydroxylation sites is 2. The highest BCUT2D eigenvalue weighted by atomic mass is 16.5. The van der Waals surface area contributed by atoms with Gasteiger partial charge in [0, 0.05) is 52.4 Å². The van der Waals surface area contributed by atoms with Crippen LogP contribution in [0.5, 0.6) is 5.75 Å². The van der Waals surface area contributed by atoms with Crippen molar-refractivity contribution < 1.29 is 4.74 Å². The number of hydrogen-bond acceptors (Lipinski definition) is 4. The van der Waals surface area contributed by atoms with Gasteiger partial charge in [-0.05, 0) is 43.9 Å². The molecule has 1 saturated carbocycles. The Bertz CT molecular complexity index is 652. The number of rotatable bonds is 5. The van der Waals surface area contributed by atoms with Crippen molar-refractivity contribution in [3.8, 4) is 5.75 Å². The molecule has 1 aliphatic carbocycles. The summed E-state index contributed by atoms with van der Waals surface area (Å²) in [6.45, 7) is 7.53. The molecule has 1 N–H and O–H groups in total. The Labute approximate surface area is 163 Å². The fourth-order valence-corrected chi connectivity index (χ4v) is 4.42. The van der Waals surface area contributed by atoms with Crippen molar-refractivity contribution in [2.75, 3.05) is 64.9 Å². The van der Waals surface area contributed by atoms with Gasteiger partial charge in [-0.25, -0.2) is 0 Å². The van der Waals surface area contributed by atoms with Gasteiger partial charge in [-0.3, -0.25) is 4.99 Å². The summed E-state index contributed by atoms with van der Waals surface area (Å²) in [5.74, 6) is 2.77. The lowest BCUT2D eigenvalue weighted by molar-refractivity contribution is 0.312. The first kappa shape index (κ1) is 18.4. The van der Waals surface area contributed by atoms with Crippen LogP contribution in [0.25, 0.3) is 0 Å². The van der Waals surface area contributed by atoms with Crippen LogP contribution in [0, 0.1) is 5.92 Å². The molecule has 2 heterocycles. The van der Waals surface area contributed by atoms with Crippen LogP contribution in [-0.4, -0.2) is 81.8 Å². The lowest BCUT2D eigenvalue weighted by atomic mass is 10.1. The van der Waals surface area contributed by atoms with Crippen molar-refractivity contribution in [2.24, 2.45) is 10.9 Å². The van der Waals surface area contributed by atoms with Gasteiger partial charge in [0.1, 0.15) is 5.75 Å². The van der Waals surface area contributed by atoms with Gasteiger partial charge in [0.05, 0.1) is 12.8 Å². The molecule has 27 heavy (non-hydrogen) atoms. The van der Waals surface area contributed by atoms with Gasteiger partial charge in [-0.2, -0.15) is 0 Å². The molecule has 0 radical (unpaired) electrons. The zero-order valence-electron chi connectivity index (χ0n) is 16.7. The predicted molar refractivity (Wildman–Crippen MR) is 111 cm³/mol. The van der Waals surface area contributed by atoms with Crippen molar-refractivity contribution in [1.29, 1.82) is 0 Å². The number of benzene rings is 1. The summed E-state index contributed by atoms with van der Waals surface area (Å²) in [7, 11) is 3.65. The van der Waals surface area contributed by atoms with Crippen LogP contribution in [-0.2, 0) is 0 Å². The second-order valence-electron chi connectivity index (χ2n) is 7.95. The minimum absolute atomic E-state index is 0.761. The van der Waals surface area contributed by atoms with E-state index in [2.05, 4.69) is 37.1 Å². The average molecular weight is 372 g/mol. The van der Waals surface area contributed by atoms with Gasteiger partial charge in [-0.1, -0.05) is 12.1 Å². The Morgan fingerprint density at radius 3 is 2.59 bits per heavy atom. The quantitative estimate of drug-likeness (QED) is 0.632. The second kappa shape index (κ2) is 8.38. The summed E-state index contributed by atoms with van der Waals surface area (Å²) in [5.41, 5.74) is 1.19. The molecule has 2 aliphatic heterocycles. The van der Waals surface area contributed by atoms with E-state index in [0.29, 0.717) is 0 Å². The second-order valence-corrected chi connectivity index (χ2v) is 7.95. The lowest BCUT2D eigenvalue weighted by Gasteiger charge is -2.38. The number of ether oxygens (including phenoxy) is 1. The first-order valence-corrected chi connectivity index (χ1v) is 10.4. The van der Waals surface area contributed by atoms with E-state index < -0.39 is 0 Å². The molecule has 1 atom stereocenters. The molecule has 6 nitrogen and oxygen atoms in total. The van der Waals surface area contributed by atoms with Crippen molar-refractivity contribution in [3.63, 3.8) is 0 Å². The topological polar surface area (TPSA) is 43.3 Å². The number of nitrogens with one attached hydrogen (secondary N) is 1. The van der Waals surface area contributed by atoms with Crippen molar-refractivity contribution >= 4 is 11.6 Å². The summed E-state index contributed by atoms with van der Waals surface area (Å²) in [6.07, 6.45) is 4.15. The van der Waals surface area contributed by atoms with Crippen LogP contribution in [0.2, 0.25) is 0 Å². The Morgan fingerprint density at radius 1 is 1.11 bits per heavy atom. The van der Waals surface area contributed by atoms with Crippen LogP contribution >= 0.6 is 0 Å². The third-order valence-corrected chi connectivity index (χ3v) is 6.15. The van der Waals surface area contributed by atoms with Gasteiger partial charge in [0.25, 0.3) is 0 Å². The molecule has 1 unspecified atom stereocenters. The van der Waals surface area contributed by atoms with Crippen LogP contribution in [0.1, 0.15) is 19.3 Å². The van der Waals surface area contributed by atoms with Crippen molar-refractivity contribution in [1.82, 2.24) is 15.1 Å². The van der Waals surface area contributed by atoms with Crippen LogP contribution in [0.4, 0.5) is 5.69 Å². The van der Waals surface area contributed by atoms with Gasteiger partial charge < -0.3 is 24.8 Å². The molecule has 1 aromatic rings. The van der Waals surface area contributed by atoms with Gasteiger partial charge in [0.2, 0.25) is 0 Å². The molecule has 0 spiro atoms. The van der Waals surface area contributed by atoms with Crippen LogP contribution < -0.4 is 15.0 Å². The fourth-order valence-electron chi connectivity index (χ4n) is 4.42. The van der Waals surface area contributed by atoms with Gasteiger partial charge in [0.15, 0.2) is 5.96 Å². The summed E-state index contributed by atoms with van der Waals surface area (Å²) >= 11 is 0. The molecular formula is C21H33N5O. The number of methoxy groups -OCH3 is 1. The molecule has 148 valence electrons. The standard InChI is InChI=1S/C21H33N5O/c1-22-21(23-15-17-9-10-26(16-17)18-7-8-18)25-13-11-24(12-14-25)19-5-3-4-6-20(19)27-2/h3-6,17-18H,7-16H2,1-2H3,(H,22,23). The lowest BCUT2D eigenvalue weighted by Crippen LogP contribution is -2.53. The molecule has 0 amide bonds. The highest BCUT2D eigenvalue weighted by Crippen LogP contribution is 2.31. The number of aliphatic imine (C=N–C) groups is 1. The largest absolute Gasteiger partial charge is 0.495 e. The zero-order chi connectivity index (χ0) is 18.6. The van der Waals surface area contributed by atoms with E-state index in [1.165, 1.54) is 38.0 Å². The normalized spacial score (nSPS) is 24.4. The molecule has 2 saturated heterocycles. The monoisotopic (exact) mass is 371 g/mol. The van der Waals surface area contributed by atoms with Gasteiger partial charge in [-0.15, -0.1) is 0 Å². The summed E-state index contributed by atoms with van der Waals surface area (Å²) in [5, 5.41) is 3.64. The molecular weight excluding hydrogens is 338 g/mol. The maximum absolute atomic E-state index is 5.52. The number of guanidine groups is 1. The van der Waals surface area contributed by atoms with E-state index in [0.717, 1.165) is 56.4 Å².